The van der Waals surface area contributed by atoms with Gasteiger partial charge in [0, 0.05) is 6.42 Å². The molecule has 0 fully saturated rings. The van der Waals surface area contributed by atoms with Crippen molar-refractivity contribution >= 4 is 17.9 Å². The van der Waals surface area contributed by atoms with Crippen LogP contribution in [0.3, 0.4) is 0 Å². The minimum atomic E-state index is -0.527. The zero-order valence-corrected chi connectivity index (χ0v) is 15.2. The lowest BCUT2D eigenvalue weighted by Gasteiger charge is -2.07. The van der Waals surface area contributed by atoms with E-state index in [-0.39, 0.29) is 39.0 Å². The summed E-state index contributed by atoms with van der Waals surface area (Å²) < 4.78 is 20.1. The van der Waals surface area contributed by atoms with Crippen LogP contribution >= 0.6 is 0 Å². The molecular formula is C20H24O7. The molecule has 7 nitrogen and oxygen atoms in total. The number of carbonyl (C=O) groups excluding carboxylic acids is 3. The van der Waals surface area contributed by atoms with Gasteiger partial charge in [0.2, 0.25) is 0 Å². The zero-order valence-electron chi connectivity index (χ0n) is 15.2. The van der Waals surface area contributed by atoms with Crippen LogP contribution in [0.15, 0.2) is 49.6 Å². The number of esters is 3. The van der Waals surface area contributed by atoms with E-state index in [1.807, 2.05) is 0 Å². The van der Waals surface area contributed by atoms with Crippen LogP contribution in [-0.2, 0) is 23.7 Å². The largest absolute Gasteiger partial charge is 0.463 e. The fraction of sp³-hybridized carbons (Fsp3) is 0.350. The SMILES string of the molecule is C=CCCC(=O)OCCOCCOC(=O)c1ccc(C(=O)OCC=C)cc1. The van der Waals surface area contributed by atoms with E-state index in [2.05, 4.69) is 13.2 Å². The first-order valence-electron chi connectivity index (χ1n) is 8.48. The summed E-state index contributed by atoms with van der Waals surface area (Å²) in [4.78, 5) is 34.8. The molecule has 1 aromatic carbocycles. The van der Waals surface area contributed by atoms with Gasteiger partial charge in [-0.15, -0.1) is 6.58 Å². The van der Waals surface area contributed by atoms with Crippen LogP contribution in [0, 0.1) is 0 Å². The molecular weight excluding hydrogens is 352 g/mol. The maximum atomic E-state index is 11.9. The molecule has 27 heavy (non-hydrogen) atoms. The van der Waals surface area contributed by atoms with Crippen molar-refractivity contribution in [2.45, 2.75) is 12.8 Å². The molecule has 0 saturated heterocycles. The van der Waals surface area contributed by atoms with Crippen molar-refractivity contribution in [1.82, 2.24) is 0 Å². The van der Waals surface area contributed by atoms with Gasteiger partial charge in [0.1, 0.15) is 19.8 Å². The third-order valence-corrected chi connectivity index (χ3v) is 3.19. The van der Waals surface area contributed by atoms with Gasteiger partial charge in [-0.2, -0.15) is 0 Å². The van der Waals surface area contributed by atoms with Crippen molar-refractivity contribution in [3.63, 3.8) is 0 Å². The van der Waals surface area contributed by atoms with Crippen LogP contribution in [0.5, 0.6) is 0 Å². The summed E-state index contributed by atoms with van der Waals surface area (Å²) in [6.07, 6.45) is 3.99. The summed E-state index contributed by atoms with van der Waals surface area (Å²) in [6.45, 7) is 7.72. The number of allylic oxidation sites excluding steroid dienone is 1. The van der Waals surface area contributed by atoms with Gasteiger partial charge >= 0.3 is 17.9 Å². The lowest BCUT2D eigenvalue weighted by molar-refractivity contribution is -0.145. The minimum Gasteiger partial charge on any atom is -0.463 e. The number of rotatable bonds is 13. The molecule has 0 spiro atoms. The van der Waals surface area contributed by atoms with E-state index in [1.165, 1.54) is 30.3 Å². The van der Waals surface area contributed by atoms with Gasteiger partial charge in [-0.25, -0.2) is 9.59 Å². The molecule has 0 N–H and O–H groups in total. The van der Waals surface area contributed by atoms with Gasteiger partial charge in [-0.1, -0.05) is 18.7 Å². The van der Waals surface area contributed by atoms with E-state index in [9.17, 15) is 14.4 Å². The normalized spacial score (nSPS) is 9.93. The van der Waals surface area contributed by atoms with Crippen LogP contribution in [0.2, 0.25) is 0 Å². The van der Waals surface area contributed by atoms with Gasteiger partial charge in [0.25, 0.3) is 0 Å². The van der Waals surface area contributed by atoms with Crippen molar-refractivity contribution in [3.05, 3.63) is 60.7 Å². The zero-order chi connectivity index (χ0) is 19.9. The Bertz CT molecular complexity index is 634. The summed E-state index contributed by atoms with van der Waals surface area (Å²) in [5.74, 6) is -1.32. The molecule has 0 saturated carbocycles. The molecule has 0 aliphatic carbocycles. The van der Waals surface area contributed by atoms with Crippen LogP contribution in [-0.4, -0.2) is 50.9 Å². The molecule has 0 bridgehead atoms. The maximum Gasteiger partial charge on any atom is 0.338 e. The van der Waals surface area contributed by atoms with Gasteiger partial charge in [0.05, 0.1) is 24.3 Å². The first kappa shape index (κ1) is 22.1. The predicted octanol–water partition coefficient (Wildman–Crippen LogP) is 2.71. The molecule has 7 heteroatoms. The predicted molar refractivity (Wildman–Crippen MR) is 98.4 cm³/mol. The fourth-order valence-electron chi connectivity index (χ4n) is 1.85. The Morgan fingerprint density at radius 2 is 1.33 bits per heavy atom. The third-order valence-electron chi connectivity index (χ3n) is 3.19. The topological polar surface area (TPSA) is 88.1 Å². The van der Waals surface area contributed by atoms with E-state index in [1.54, 1.807) is 6.08 Å². The van der Waals surface area contributed by atoms with Gasteiger partial charge in [0.15, 0.2) is 0 Å². The van der Waals surface area contributed by atoms with E-state index in [0.717, 1.165) is 0 Å². The molecule has 0 aliphatic rings. The molecule has 1 rings (SSSR count). The monoisotopic (exact) mass is 376 g/mol. The van der Waals surface area contributed by atoms with Gasteiger partial charge < -0.3 is 18.9 Å². The molecule has 0 radical (unpaired) electrons. The highest BCUT2D eigenvalue weighted by molar-refractivity contribution is 5.93. The van der Waals surface area contributed by atoms with E-state index >= 15 is 0 Å². The molecule has 0 heterocycles. The Balaban J connectivity index is 2.19. The molecule has 146 valence electrons. The fourth-order valence-corrected chi connectivity index (χ4v) is 1.85. The summed E-state index contributed by atoms with van der Waals surface area (Å²) in [6, 6.07) is 5.94. The Morgan fingerprint density at radius 1 is 0.778 bits per heavy atom. The highest BCUT2D eigenvalue weighted by Crippen LogP contribution is 2.07. The van der Waals surface area contributed by atoms with Crippen molar-refractivity contribution in [2.24, 2.45) is 0 Å². The van der Waals surface area contributed by atoms with Crippen LogP contribution < -0.4 is 0 Å². The Morgan fingerprint density at radius 3 is 1.89 bits per heavy atom. The van der Waals surface area contributed by atoms with Crippen molar-refractivity contribution in [3.8, 4) is 0 Å². The average molecular weight is 376 g/mol. The number of benzene rings is 1. The van der Waals surface area contributed by atoms with Crippen molar-refractivity contribution < 1.29 is 33.3 Å². The molecule has 0 atom stereocenters. The first-order valence-corrected chi connectivity index (χ1v) is 8.48. The Kier molecular flexibility index (Phi) is 10.9. The van der Waals surface area contributed by atoms with Crippen LogP contribution in [0.4, 0.5) is 0 Å². The lowest BCUT2D eigenvalue weighted by atomic mass is 10.1. The molecule has 1 aromatic rings. The van der Waals surface area contributed by atoms with Crippen molar-refractivity contribution in [1.29, 1.82) is 0 Å². The second-order valence-corrected chi connectivity index (χ2v) is 5.26. The van der Waals surface area contributed by atoms with Crippen LogP contribution in [0.1, 0.15) is 33.6 Å². The highest BCUT2D eigenvalue weighted by Gasteiger charge is 2.10. The van der Waals surface area contributed by atoms with E-state index in [4.69, 9.17) is 18.9 Å². The molecule has 0 aliphatic heterocycles. The maximum absolute atomic E-state index is 11.9. The highest BCUT2D eigenvalue weighted by atomic mass is 16.6. The summed E-state index contributed by atoms with van der Waals surface area (Å²) in [7, 11) is 0. The molecule has 0 unspecified atom stereocenters. The third kappa shape index (κ3) is 9.37. The van der Waals surface area contributed by atoms with Gasteiger partial charge in [-0.05, 0) is 30.7 Å². The number of ether oxygens (including phenoxy) is 4. The first-order chi connectivity index (χ1) is 13.1. The van der Waals surface area contributed by atoms with Gasteiger partial charge in [-0.3, -0.25) is 4.79 Å². The van der Waals surface area contributed by atoms with E-state index in [0.29, 0.717) is 24.0 Å². The lowest BCUT2D eigenvalue weighted by Crippen LogP contribution is -2.14. The smallest absolute Gasteiger partial charge is 0.338 e. The van der Waals surface area contributed by atoms with Crippen molar-refractivity contribution in [2.75, 3.05) is 33.0 Å². The average Bonchev–Trinajstić information content (AvgIpc) is 2.69. The second kappa shape index (κ2) is 13.3. The number of hydrogen-bond donors (Lipinski definition) is 0. The molecule has 0 amide bonds. The second-order valence-electron chi connectivity index (χ2n) is 5.26. The minimum absolute atomic E-state index is 0.0619. The Labute approximate surface area is 158 Å². The van der Waals surface area contributed by atoms with E-state index < -0.39 is 11.9 Å². The summed E-state index contributed by atoms with van der Waals surface area (Å²) in [5, 5.41) is 0. The molecule has 0 aromatic heterocycles. The summed E-state index contributed by atoms with van der Waals surface area (Å²) in [5.41, 5.74) is 0.644. The quantitative estimate of drug-likeness (QED) is 0.226. The number of carbonyl (C=O) groups is 3. The Hall–Kier alpha value is -2.93. The number of hydrogen-bond acceptors (Lipinski definition) is 7. The standard InChI is InChI=1S/C20H24O7/c1-3-5-6-18(21)25-14-12-24-13-15-27-20(23)17-9-7-16(8-10-17)19(22)26-11-4-2/h3-4,7-10H,1-2,5-6,11-15H2. The summed E-state index contributed by atoms with van der Waals surface area (Å²) >= 11 is 0. The van der Waals surface area contributed by atoms with Crippen LogP contribution in [0.25, 0.3) is 0 Å².